The van der Waals surface area contributed by atoms with E-state index in [1.165, 1.54) is 6.07 Å². The van der Waals surface area contributed by atoms with Crippen molar-refractivity contribution in [3.05, 3.63) is 194 Å². The molecule has 7 rings (SSSR count). The van der Waals surface area contributed by atoms with Gasteiger partial charge in [0.05, 0.1) is 11.5 Å². The van der Waals surface area contributed by atoms with Crippen LogP contribution in [0.1, 0.15) is 5.56 Å². The van der Waals surface area contributed by atoms with Gasteiger partial charge in [0.1, 0.15) is 52.7 Å². The molecule has 334 valence electrons. The molecule has 0 aliphatic carbocycles. The zero-order valence-corrected chi connectivity index (χ0v) is 30.3. The fraction of sp³-hybridized carbons (Fsp3) is 0.0250. The van der Waals surface area contributed by atoms with E-state index in [0.29, 0.717) is 10.8 Å². The van der Waals surface area contributed by atoms with Crippen molar-refractivity contribution in [1.29, 1.82) is 0 Å². The minimum atomic E-state index is -7.22. The largest absolute Gasteiger partial charge is 0.370 e. The summed E-state index contributed by atoms with van der Waals surface area (Å²) < 4.78 is 323. The third-order valence-corrected chi connectivity index (χ3v) is 9.84. The van der Waals surface area contributed by atoms with Gasteiger partial charge in [-0.2, -0.15) is 0 Å². The molecule has 7 aromatic rings. The van der Waals surface area contributed by atoms with Crippen molar-refractivity contribution in [1.82, 2.24) is 0 Å². The predicted octanol–water partition coefficient (Wildman–Crippen LogP) is 9.30. The maximum atomic E-state index is 15.4. The molecule has 64 heavy (non-hydrogen) atoms. The molecule has 1 nitrogen and oxygen atoms in total. The van der Waals surface area contributed by atoms with E-state index in [2.05, 4.69) is 0 Å². The van der Waals surface area contributed by atoms with Gasteiger partial charge in [-0.05, 0) is 6.07 Å². The van der Waals surface area contributed by atoms with E-state index in [1.54, 1.807) is 24.3 Å². The van der Waals surface area contributed by atoms with Gasteiger partial charge in [-0.3, -0.25) is 0 Å². The van der Waals surface area contributed by atoms with Crippen LogP contribution in [0.2, 0.25) is 0 Å². The van der Waals surface area contributed by atoms with Gasteiger partial charge >= 0.3 is 11.9 Å². The standard InChI is InChI=1S/C24BF20.C16H12F2N/c26-5-1(6(27)14(35)21(42)13(5)34)25(2-7(28)15(36)22(43)16(37)8(2)29,3-9(30)17(38)23(44)18(39)10(3)31)4-11(32)19(40)24(45)20(41)12(4)33;17-15-10-13-8-4-5-9-14(13)16(18)19(15)11-12-6-2-1-3-7-12/h;1-10H,11H2/q-1;+1. The Bertz CT molecular complexity index is 2670. The zero-order valence-electron chi connectivity index (χ0n) is 30.3. The lowest BCUT2D eigenvalue weighted by molar-refractivity contribution is -0.740. The summed E-state index contributed by atoms with van der Waals surface area (Å²) in [4.78, 5) is 0. The second kappa shape index (κ2) is 17.1. The Morgan fingerprint density at radius 3 is 0.891 bits per heavy atom. The first kappa shape index (κ1) is 46.8. The zero-order chi connectivity index (χ0) is 47.6. The minimum Gasteiger partial charge on any atom is -0.207 e. The predicted molar refractivity (Wildman–Crippen MR) is 179 cm³/mol. The highest BCUT2D eigenvalue weighted by Gasteiger charge is 2.52. The lowest BCUT2D eigenvalue weighted by Crippen LogP contribution is -2.81. The molecule has 0 spiro atoms. The molecule has 0 atom stereocenters. The van der Waals surface area contributed by atoms with Crippen molar-refractivity contribution >= 4 is 38.8 Å². The van der Waals surface area contributed by atoms with Crippen LogP contribution in [0.15, 0.2) is 60.7 Å². The van der Waals surface area contributed by atoms with Gasteiger partial charge in [0, 0.05) is 10.9 Å². The molecule has 0 aliphatic rings. The lowest BCUT2D eigenvalue weighted by Gasteiger charge is -2.44. The normalized spacial score (nSPS) is 11.7. The van der Waals surface area contributed by atoms with E-state index in [0.717, 1.165) is 10.1 Å². The number of hydrogen-bond acceptors (Lipinski definition) is 0. The summed E-state index contributed by atoms with van der Waals surface area (Å²) in [7, 11) is 0. The van der Waals surface area contributed by atoms with Crippen LogP contribution in [-0.2, 0) is 6.54 Å². The Morgan fingerprint density at radius 2 is 0.578 bits per heavy atom. The van der Waals surface area contributed by atoms with Crippen LogP contribution in [0, 0.1) is 128 Å². The molecular weight excluding hydrogens is 923 g/mol. The van der Waals surface area contributed by atoms with Crippen molar-refractivity contribution in [2.75, 3.05) is 0 Å². The lowest BCUT2D eigenvalue weighted by atomic mass is 9.12. The van der Waals surface area contributed by atoms with Crippen LogP contribution in [0.3, 0.4) is 0 Å². The number of fused-ring (bicyclic) bond motifs is 1. The van der Waals surface area contributed by atoms with Crippen molar-refractivity contribution in [2.45, 2.75) is 6.54 Å². The maximum absolute atomic E-state index is 15.4. The average molecular weight is 935 g/mol. The number of nitrogens with zero attached hydrogens (tertiary/aromatic N) is 1. The topological polar surface area (TPSA) is 3.88 Å². The van der Waals surface area contributed by atoms with E-state index in [9.17, 15) is 61.5 Å². The number of halogens is 22. The van der Waals surface area contributed by atoms with Crippen molar-refractivity contribution < 1.29 is 101 Å². The highest BCUT2D eigenvalue weighted by molar-refractivity contribution is 7.20. The van der Waals surface area contributed by atoms with Crippen molar-refractivity contribution in [2.24, 2.45) is 0 Å². The molecule has 0 bridgehead atoms. The van der Waals surface area contributed by atoms with Gasteiger partial charge < -0.3 is 0 Å². The quantitative estimate of drug-likeness (QED) is 0.0391. The highest BCUT2D eigenvalue weighted by Crippen LogP contribution is 2.31. The third-order valence-electron chi connectivity index (χ3n) is 9.84. The van der Waals surface area contributed by atoms with E-state index in [4.69, 9.17) is 0 Å². The molecule has 0 unspecified atom stereocenters. The van der Waals surface area contributed by atoms with Crippen LogP contribution in [0.25, 0.3) is 10.8 Å². The summed E-state index contributed by atoms with van der Waals surface area (Å²) in [6.45, 7) is 0.184. The first-order valence-electron chi connectivity index (χ1n) is 17.0. The van der Waals surface area contributed by atoms with Crippen LogP contribution in [0.4, 0.5) is 96.6 Å². The number of hydrogen-bond donors (Lipinski definition) is 0. The smallest absolute Gasteiger partial charge is 0.207 e. The molecule has 1 aromatic heterocycles. The van der Waals surface area contributed by atoms with Gasteiger partial charge in [0.2, 0.25) is 0 Å². The third kappa shape index (κ3) is 7.02. The number of pyridine rings is 1. The molecule has 0 saturated heterocycles. The van der Waals surface area contributed by atoms with Crippen molar-refractivity contribution in [3.8, 4) is 0 Å². The molecule has 0 fully saturated rings. The SMILES string of the molecule is Fc1c(F)c(F)c([B-](c2c(F)c(F)c(F)c(F)c2F)(c2c(F)c(F)c(F)c(F)c2F)c2c(F)c(F)c(F)c(F)c2F)c(F)c1F.Fc1cc2ccccc2c(F)[n+]1Cc1ccccc1. The Labute approximate surface area is 340 Å². The first-order valence-corrected chi connectivity index (χ1v) is 17.0. The molecule has 0 saturated carbocycles. The van der Waals surface area contributed by atoms with Gasteiger partial charge in [0.15, 0.2) is 76.4 Å². The summed E-state index contributed by atoms with van der Waals surface area (Å²) in [6.07, 6.45) is -7.22. The van der Waals surface area contributed by atoms with Gasteiger partial charge in [0.25, 0.3) is 0 Å². The Kier molecular flexibility index (Phi) is 12.5. The molecule has 0 radical (unpaired) electrons. The van der Waals surface area contributed by atoms with Gasteiger partial charge in [-0.1, -0.05) is 48.5 Å². The van der Waals surface area contributed by atoms with Crippen LogP contribution >= 0.6 is 0 Å². The Hall–Kier alpha value is -6.75. The fourth-order valence-corrected chi connectivity index (χ4v) is 7.04. The van der Waals surface area contributed by atoms with E-state index in [1.807, 2.05) is 30.3 Å². The highest BCUT2D eigenvalue weighted by atomic mass is 19.2. The number of benzene rings is 6. The van der Waals surface area contributed by atoms with Crippen LogP contribution in [-0.4, -0.2) is 6.15 Å². The van der Waals surface area contributed by atoms with Crippen molar-refractivity contribution in [3.63, 3.8) is 0 Å². The maximum Gasteiger partial charge on any atom is 0.370 e. The molecule has 6 aromatic carbocycles. The van der Waals surface area contributed by atoms with Gasteiger partial charge in [-0.25, -0.2) is 87.8 Å². The second-order valence-corrected chi connectivity index (χ2v) is 13.2. The minimum absolute atomic E-state index is 0.184. The summed E-state index contributed by atoms with van der Waals surface area (Å²) >= 11 is 0. The monoisotopic (exact) mass is 935 g/mol. The number of rotatable bonds is 6. The average Bonchev–Trinajstić information content (AvgIpc) is 3.28. The summed E-state index contributed by atoms with van der Waals surface area (Å²) in [6, 6.07) is 17.5. The second-order valence-electron chi connectivity index (χ2n) is 13.2. The molecule has 0 N–H and O–H groups in total. The molecular formula is C40H12BF22N. The summed E-state index contributed by atoms with van der Waals surface area (Å²) in [5, 5.41) is 1.00. The first-order chi connectivity index (χ1) is 30.0. The summed E-state index contributed by atoms with van der Waals surface area (Å²) in [5.74, 6) is -72.5. The molecule has 0 amide bonds. The molecule has 1 heterocycles. The molecule has 24 heteroatoms. The van der Waals surface area contributed by atoms with E-state index >= 15 is 35.1 Å². The molecule has 0 aliphatic heterocycles. The number of aromatic nitrogens is 1. The Morgan fingerprint density at radius 1 is 0.312 bits per heavy atom. The van der Waals surface area contributed by atoms with Gasteiger partial charge in [-0.15, -0.1) is 35.2 Å². The fourth-order valence-electron chi connectivity index (χ4n) is 7.04. The van der Waals surface area contributed by atoms with E-state index < -0.39 is 156 Å². The van der Waals surface area contributed by atoms with E-state index in [-0.39, 0.29) is 6.54 Å². The van der Waals surface area contributed by atoms with Crippen LogP contribution in [0.5, 0.6) is 0 Å². The Balaban J connectivity index is 0.000000295. The summed E-state index contributed by atoms with van der Waals surface area (Å²) in [5.41, 5.74) is -13.5. The van der Waals surface area contributed by atoms with Crippen LogP contribution < -0.4 is 26.4 Å².